The van der Waals surface area contributed by atoms with Crippen molar-refractivity contribution >= 4 is 15.9 Å². The molecule has 3 heteroatoms. The van der Waals surface area contributed by atoms with Crippen LogP contribution in [0.25, 0.3) is 0 Å². The topological polar surface area (TPSA) is 29.5 Å². The zero-order valence-corrected chi connectivity index (χ0v) is 13.8. The molecule has 0 aliphatic heterocycles. The molecule has 0 aliphatic carbocycles. The second-order valence-corrected chi connectivity index (χ2v) is 6.15. The summed E-state index contributed by atoms with van der Waals surface area (Å²) >= 11 is 3.41. The SMILES string of the molecule is COc1cc(C)cc(C)c1C(C)(O)c1ccc(Br)cc1. The Bertz CT molecular complexity index is 616. The normalized spacial score (nSPS) is 13.9. The van der Waals surface area contributed by atoms with Gasteiger partial charge in [0.05, 0.1) is 7.11 Å². The van der Waals surface area contributed by atoms with Gasteiger partial charge in [-0.3, -0.25) is 0 Å². The molecule has 0 spiro atoms. The van der Waals surface area contributed by atoms with Gasteiger partial charge in [0.15, 0.2) is 0 Å². The summed E-state index contributed by atoms with van der Waals surface area (Å²) in [5, 5.41) is 11.0. The molecule has 0 bridgehead atoms. The van der Waals surface area contributed by atoms with Gasteiger partial charge in [-0.1, -0.05) is 34.1 Å². The summed E-state index contributed by atoms with van der Waals surface area (Å²) < 4.78 is 6.46. The van der Waals surface area contributed by atoms with E-state index in [1.54, 1.807) is 14.0 Å². The number of halogens is 1. The summed E-state index contributed by atoms with van der Waals surface area (Å²) in [6, 6.07) is 11.7. The van der Waals surface area contributed by atoms with Gasteiger partial charge in [0, 0.05) is 10.0 Å². The predicted octanol–water partition coefficient (Wildman–Crippen LogP) is 4.33. The van der Waals surface area contributed by atoms with Crippen LogP contribution >= 0.6 is 15.9 Å². The molecule has 20 heavy (non-hydrogen) atoms. The summed E-state index contributed by atoms with van der Waals surface area (Å²) in [7, 11) is 1.63. The van der Waals surface area contributed by atoms with Crippen molar-refractivity contribution in [2.75, 3.05) is 7.11 Å². The van der Waals surface area contributed by atoms with E-state index in [9.17, 15) is 5.11 Å². The molecule has 0 amide bonds. The number of aryl methyl sites for hydroxylation is 2. The summed E-state index contributed by atoms with van der Waals surface area (Å²) in [6.45, 7) is 5.82. The summed E-state index contributed by atoms with van der Waals surface area (Å²) in [6.07, 6.45) is 0. The Balaban J connectivity index is 2.62. The van der Waals surface area contributed by atoms with E-state index in [0.29, 0.717) is 0 Å². The van der Waals surface area contributed by atoms with Crippen LogP contribution in [0, 0.1) is 13.8 Å². The van der Waals surface area contributed by atoms with Crippen LogP contribution in [0.3, 0.4) is 0 Å². The van der Waals surface area contributed by atoms with Crippen LogP contribution in [0.1, 0.15) is 29.2 Å². The highest BCUT2D eigenvalue weighted by Gasteiger charge is 2.30. The van der Waals surface area contributed by atoms with Crippen LogP contribution in [-0.4, -0.2) is 12.2 Å². The molecule has 2 nitrogen and oxygen atoms in total. The minimum atomic E-state index is -1.09. The second-order valence-electron chi connectivity index (χ2n) is 5.24. The van der Waals surface area contributed by atoms with Crippen molar-refractivity contribution in [3.05, 3.63) is 63.1 Å². The molecule has 0 heterocycles. The number of ether oxygens (including phenoxy) is 1. The molecule has 2 rings (SSSR count). The Labute approximate surface area is 128 Å². The molecular formula is C17H19BrO2. The average Bonchev–Trinajstić information content (AvgIpc) is 2.37. The number of hydrogen-bond acceptors (Lipinski definition) is 2. The highest BCUT2D eigenvalue weighted by Crippen LogP contribution is 2.38. The van der Waals surface area contributed by atoms with Crippen molar-refractivity contribution in [2.24, 2.45) is 0 Å². The van der Waals surface area contributed by atoms with Crippen molar-refractivity contribution in [1.29, 1.82) is 0 Å². The summed E-state index contributed by atoms with van der Waals surface area (Å²) in [5.74, 6) is 0.718. The van der Waals surface area contributed by atoms with Gasteiger partial charge < -0.3 is 9.84 Å². The Morgan fingerprint density at radius 3 is 2.25 bits per heavy atom. The lowest BCUT2D eigenvalue weighted by Crippen LogP contribution is -2.25. The molecule has 0 saturated heterocycles. The fraction of sp³-hybridized carbons (Fsp3) is 0.294. The van der Waals surface area contributed by atoms with E-state index in [4.69, 9.17) is 4.74 Å². The van der Waals surface area contributed by atoms with Crippen LogP contribution in [0.4, 0.5) is 0 Å². The minimum absolute atomic E-state index is 0.718. The molecule has 2 aromatic carbocycles. The van der Waals surface area contributed by atoms with Gasteiger partial charge in [0.2, 0.25) is 0 Å². The van der Waals surface area contributed by atoms with Crippen molar-refractivity contribution in [1.82, 2.24) is 0 Å². The maximum absolute atomic E-state index is 11.0. The zero-order valence-electron chi connectivity index (χ0n) is 12.2. The van der Waals surface area contributed by atoms with Crippen molar-refractivity contribution < 1.29 is 9.84 Å². The molecule has 0 saturated carbocycles. The molecule has 0 fully saturated rings. The van der Waals surface area contributed by atoms with Gasteiger partial charge in [0.1, 0.15) is 11.4 Å². The third-order valence-corrected chi connectivity index (χ3v) is 4.09. The lowest BCUT2D eigenvalue weighted by Gasteiger charge is -2.28. The zero-order chi connectivity index (χ0) is 14.9. The average molecular weight is 335 g/mol. The largest absolute Gasteiger partial charge is 0.496 e. The van der Waals surface area contributed by atoms with Gasteiger partial charge in [-0.25, -0.2) is 0 Å². The highest BCUT2D eigenvalue weighted by molar-refractivity contribution is 9.10. The molecule has 1 atom stereocenters. The Hall–Kier alpha value is -1.32. The number of methoxy groups -OCH3 is 1. The van der Waals surface area contributed by atoms with Crippen molar-refractivity contribution in [3.63, 3.8) is 0 Å². The van der Waals surface area contributed by atoms with E-state index >= 15 is 0 Å². The number of hydrogen-bond donors (Lipinski definition) is 1. The Kier molecular flexibility index (Phi) is 4.21. The predicted molar refractivity (Wildman–Crippen MR) is 85.3 cm³/mol. The van der Waals surface area contributed by atoms with Crippen molar-refractivity contribution in [3.8, 4) is 5.75 Å². The molecule has 1 N–H and O–H groups in total. The van der Waals surface area contributed by atoms with Crippen LogP contribution in [-0.2, 0) is 5.60 Å². The summed E-state index contributed by atoms with van der Waals surface area (Å²) in [5.41, 5.74) is 2.70. The molecular weight excluding hydrogens is 316 g/mol. The molecule has 1 unspecified atom stereocenters. The van der Waals surface area contributed by atoms with E-state index in [1.165, 1.54) is 0 Å². The first kappa shape index (κ1) is 15.1. The number of rotatable bonds is 3. The fourth-order valence-electron chi connectivity index (χ4n) is 2.63. The number of benzene rings is 2. The smallest absolute Gasteiger partial charge is 0.125 e. The molecule has 106 valence electrons. The second kappa shape index (κ2) is 5.58. The van der Waals surface area contributed by atoms with Crippen LogP contribution in [0.2, 0.25) is 0 Å². The van der Waals surface area contributed by atoms with E-state index in [-0.39, 0.29) is 0 Å². The van der Waals surface area contributed by atoms with Crippen LogP contribution in [0.15, 0.2) is 40.9 Å². The van der Waals surface area contributed by atoms with E-state index in [0.717, 1.165) is 32.5 Å². The summed E-state index contributed by atoms with van der Waals surface area (Å²) in [4.78, 5) is 0. The van der Waals surface area contributed by atoms with Gasteiger partial charge >= 0.3 is 0 Å². The lowest BCUT2D eigenvalue weighted by atomic mass is 9.84. The van der Waals surface area contributed by atoms with Crippen LogP contribution in [0.5, 0.6) is 5.75 Å². The molecule has 0 radical (unpaired) electrons. The highest BCUT2D eigenvalue weighted by atomic mass is 79.9. The Morgan fingerprint density at radius 2 is 1.70 bits per heavy atom. The molecule has 2 aromatic rings. The first-order chi connectivity index (χ1) is 9.36. The van der Waals surface area contributed by atoms with Crippen molar-refractivity contribution in [2.45, 2.75) is 26.4 Å². The molecule has 0 aliphatic rings. The number of aliphatic hydroxyl groups is 1. The van der Waals surface area contributed by atoms with E-state index in [1.807, 2.05) is 44.2 Å². The van der Waals surface area contributed by atoms with E-state index < -0.39 is 5.60 Å². The Morgan fingerprint density at radius 1 is 1.10 bits per heavy atom. The van der Waals surface area contributed by atoms with E-state index in [2.05, 4.69) is 22.0 Å². The standard InChI is InChI=1S/C17H19BrO2/c1-11-9-12(2)16(15(10-11)20-4)17(3,19)13-5-7-14(18)8-6-13/h5-10,19H,1-4H3. The minimum Gasteiger partial charge on any atom is -0.496 e. The van der Waals surface area contributed by atoms with Gasteiger partial charge in [-0.2, -0.15) is 0 Å². The third kappa shape index (κ3) is 2.74. The maximum Gasteiger partial charge on any atom is 0.125 e. The molecule has 0 aromatic heterocycles. The van der Waals surface area contributed by atoms with Crippen LogP contribution < -0.4 is 4.74 Å². The maximum atomic E-state index is 11.0. The third-order valence-electron chi connectivity index (χ3n) is 3.56. The van der Waals surface area contributed by atoms with Gasteiger partial charge in [-0.15, -0.1) is 0 Å². The first-order valence-electron chi connectivity index (χ1n) is 6.50. The van der Waals surface area contributed by atoms with Gasteiger partial charge in [-0.05, 0) is 55.7 Å². The quantitative estimate of drug-likeness (QED) is 0.905. The van der Waals surface area contributed by atoms with Gasteiger partial charge in [0.25, 0.3) is 0 Å². The lowest BCUT2D eigenvalue weighted by molar-refractivity contribution is 0.0982. The fourth-order valence-corrected chi connectivity index (χ4v) is 2.90. The first-order valence-corrected chi connectivity index (χ1v) is 7.29. The monoisotopic (exact) mass is 334 g/mol.